The van der Waals surface area contributed by atoms with Crippen LogP contribution in [0.5, 0.6) is 0 Å². The lowest BCUT2D eigenvalue weighted by Gasteiger charge is -2.08. The summed E-state index contributed by atoms with van der Waals surface area (Å²) in [6, 6.07) is 5.61. The van der Waals surface area contributed by atoms with Crippen molar-refractivity contribution in [3.8, 4) is 0 Å². The van der Waals surface area contributed by atoms with E-state index in [-0.39, 0.29) is 11.3 Å². The number of hydrogen-bond acceptors (Lipinski definition) is 2. The highest BCUT2D eigenvalue weighted by Crippen LogP contribution is 2.52. The van der Waals surface area contributed by atoms with Gasteiger partial charge in [-0.05, 0) is 31.0 Å². The molecule has 1 saturated carbocycles. The second kappa shape index (κ2) is 3.16. The van der Waals surface area contributed by atoms with E-state index < -0.39 is 0 Å². The summed E-state index contributed by atoms with van der Waals surface area (Å²) >= 11 is 7.66. The average molecular weight is 240 g/mol. The number of fused-ring (bicyclic) bond motifs is 1. The van der Waals surface area contributed by atoms with Crippen molar-refractivity contribution in [3.63, 3.8) is 0 Å². The van der Waals surface area contributed by atoms with Crippen LogP contribution < -0.4 is 5.32 Å². The lowest BCUT2D eigenvalue weighted by Crippen LogP contribution is -2.24. The number of halogens is 1. The number of nitrogens with one attached hydrogen (secondary N) is 1. The van der Waals surface area contributed by atoms with Gasteiger partial charge in [-0.1, -0.05) is 11.6 Å². The van der Waals surface area contributed by atoms with E-state index in [1.54, 1.807) is 11.8 Å². The molecule has 0 radical (unpaired) electrons. The predicted octanol–water partition coefficient (Wildman–Crippen LogP) is 3.16. The molecule has 4 heteroatoms. The van der Waals surface area contributed by atoms with E-state index in [2.05, 4.69) is 5.32 Å². The number of carbonyl (C=O) groups is 1. The molecule has 2 aliphatic rings. The summed E-state index contributed by atoms with van der Waals surface area (Å²) in [5.41, 5.74) is 0.814. The number of anilines is 1. The SMILES string of the molecule is O=C1Nc2ccc(Cl)cc2SCC12CC2. The molecule has 0 saturated heterocycles. The van der Waals surface area contributed by atoms with Gasteiger partial charge in [0.2, 0.25) is 5.91 Å². The Hall–Kier alpha value is -0.670. The maximum Gasteiger partial charge on any atom is 0.231 e. The first kappa shape index (κ1) is 9.55. The molecule has 1 spiro atoms. The van der Waals surface area contributed by atoms with Crippen LogP contribution in [0.25, 0.3) is 0 Å². The fourth-order valence-electron chi connectivity index (χ4n) is 1.78. The summed E-state index contributed by atoms with van der Waals surface area (Å²) in [6.45, 7) is 0. The Morgan fingerprint density at radius 3 is 2.93 bits per heavy atom. The maximum absolute atomic E-state index is 11.9. The van der Waals surface area contributed by atoms with Crippen molar-refractivity contribution in [1.82, 2.24) is 0 Å². The van der Waals surface area contributed by atoms with E-state index in [4.69, 9.17) is 11.6 Å². The third-order valence-corrected chi connectivity index (χ3v) is 4.61. The van der Waals surface area contributed by atoms with E-state index in [0.717, 1.165) is 34.2 Å². The minimum atomic E-state index is -0.0871. The molecule has 0 aromatic heterocycles. The molecular formula is C11H10ClNOS. The van der Waals surface area contributed by atoms with Crippen LogP contribution >= 0.6 is 23.4 Å². The van der Waals surface area contributed by atoms with Gasteiger partial charge in [-0.2, -0.15) is 0 Å². The normalized spacial score (nSPS) is 21.8. The first-order valence-corrected chi connectivity index (χ1v) is 6.30. The Morgan fingerprint density at radius 2 is 2.20 bits per heavy atom. The van der Waals surface area contributed by atoms with Crippen molar-refractivity contribution in [2.45, 2.75) is 17.7 Å². The first-order valence-electron chi connectivity index (χ1n) is 4.93. The number of amides is 1. The van der Waals surface area contributed by atoms with Crippen molar-refractivity contribution in [2.75, 3.05) is 11.1 Å². The highest BCUT2D eigenvalue weighted by atomic mass is 35.5. The van der Waals surface area contributed by atoms with E-state index in [1.165, 1.54) is 0 Å². The quantitative estimate of drug-likeness (QED) is 0.754. The average Bonchev–Trinajstić information content (AvgIpc) is 3.00. The fraction of sp³-hybridized carbons (Fsp3) is 0.364. The van der Waals surface area contributed by atoms with Crippen molar-refractivity contribution in [3.05, 3.63) is 23.2 Å². The Bertz CT molecular complexity index is 442. The van der Waals surface area contributed by atoms with Gasteiger partial charge in [0.1, 0.15) is 0 Å². The van der Waals surface area contributed by atoms with Gasteiger partial charge >= 0.3 is 0 Å². The van der Waals surface area contributed by atoms with Crippen LogP contribution in [-0.2, 0) is 4.79 Å². The molecular weight excluding hydrogens is 230 g/mol. The van der Waals surface area contributed by atoms with Gasteiger partial charge in [0.25, 0.3) is 0 Å². The zero-order valence-corrected chi connectivity index (χ0v) is 9.62. The molecule has 0 bridgehead atoms. The van der Waals surface area contributed by atoms with Gasteiger partial charge < -0.3 is 5.32 Å². The summed E-state index contributed by atoms with van der Waals surface area (Å²) in [5.74, 6) is 1.06. The summed E-state index contributed by atoms with van der Waals surface area (Å²) < 4.78 is 0. The van der Waals surface area contributed by atoms with E-state index in [1.807, 2.05) is 18.2 Å². The molecule has 1 aromatic carbocycles. The number of thioether (sulfide) groups is 1. The third kappa shape index (κ3) is 1.54. The molecule has 1 aliphatic carbocycles. The first-order chi connectivity index (χ1) is 7.20. The van der Waals surface area contributed by atoms with Gasteiger partial charge in [-0.15, -0.1) is 11.8 Å². The van der Waals surface area contributed by atoms with Crippen molar-refractivity contribution >= 4 is 35.0 Å². The molecule has 1 aromatic rings. The van der Waals surface area contributed by atoms with Gasteiger partial charge in [0.05, 0.1) is 11.1 Å². The van der Waals surface area contributed by atoms with E-state index in [0.29, 0.717) is 0 Å². The smallest absolute Gasteiger partial charge is 0.231 e. The molecule has 15 heavy (non-hydrogen) atoms. The van der Waals surface area contributed by atoms with Crippen molar-refractivity contribution in [1.29, 1.82) is 0 Å². The van der Waals surface area contributed by atoms with Crippen molar-refractivity contribution in [2.24, 2.45) is 5.41 Å². The Labute approximate surface area is 97.4 Å². The molecule has 1 aliphatic heterocycles. The van der Waals surface area contributed by atoms with Crippen LogP contribution in [0.2, 0.25) is 5.02 Å². The van der Waals surface area contributed by atoms with Gasteiger partial charge in [-0.25, -0.2) is 0 Å². The Morgan fingerprint density at radius 1 is 1.40 bits per heavy atom. The predicted molar refractivity (Wildman–Crippen MR) is 62.5 cm³/mol. The second-order valence-electron chi connectivity index (χ2n) is 4.16. The fourth-order valence-corrected chi connectivity index (χ4v) is 3.35. The molecule has 2 nitrogen and oxygen atoms in total. The largest absolute Gasteiger partial charge is 0.325 e. The maximum atomic E-state index is 11.9. The highest BCUT2D eigenvalue weighted by molar-refractivity contribution is 7.99. The van der Waals surface area contributed by atoms with E-state index >= 15 is 0 Å². The number of rotatable bonds is 0. The second-order valence-corrected chi connectivity index (χ2v) is 5.62. The molecule has 3 rings (SSSR count). The molecule has 0 atom stereocenters. The molecule has 1 amide bonds. The number of benzene rings is 1. The molecule has 1 fully saturated rings. The summed E-state index contributed by atoms with van der Waals surface area (Å²) in [4.78, 5) is 13.0. The minimum absolute atomic E-state index is 0.0871. The topological polar surface area (TPSA) is 29.1 Å². The summed E-state index contributed by atoms with van der Waals surface area (Å²) in [7, 11) is 0. The highest BCUT2D eigenvalue weighted by Gasteiger charge is 2.50. The lowest BCUT2D eigenvalue weighted by atomic mass is 10.1. The molecule has 78 valence electrons. The van der Waals surface area contributed by atoms with Crippen LogP contribution in [0.4, 0.5) is 5.69 Å². The summed E-state index contributed by atoms with van der Waals surface area (Å²) in [6.07, 6.45) is 2.04. The zero-order chi connectivity index (χ0) is 10.5. The van der Waals surface area contributed by atoms with Gasteiger partial charge in [-0.3, -0.25) is 4.79 Å². The third-order valence-electron chi connectivity index (χ3n) is 3.03. The molecule has 0 unspecified atom stereocenters. The lowest BCUT2D eigenvalue weighted by molar-refractivity contribution is -0.120. The Kier molecular flexibility index (Phi) is 2.01. The monoisotopic (exact) mass is 239 g/mol. The van der Waals surface area contributed by atoms with Gasteiger partial charge in [0.15, 0.2) is 0 Å². The van der Waals surface area contributed by atoms with Crippen molar-refractivity contribution < 1.29 is 4.79 Å². The van der Waals surface area contributed by atoms with Crippen LogP contribution in [-0.4, -0.2) is 11.7 Å². The van der Waals surface area contributed by atoms with Crippen LogP contribution in [0.15, 0.2) is 23.1 Å². The number of hydrogen-bond donors (Lipinski definition) is 1. The van der Waals surface area contributed by atoms with Crippen LogP contribution in [0.1, 0.15) is 12.8 Å². The Balaban J connectivity index is 2.00. The summed E-state index contributed by atoms with van der Waals surface area (Å²) in [5, 5.41) is 3.71. The molecule has 1 heterocycles. The zero-order valence-electron chi connectivity index (χ0n) is 8.05. The van der Waals surface area contributed by atoms with Crippen LogP contribution in [0, 0.1) is 5.41 Å². The number of carbonyl (C=O) groups excluding carboxylic acids is 1. The standard InChI is InChI=1S/C11H10ClNOS/c12-7-1-2-8-9(5-7)15-6-11(3-4-11)10(14)13-8/h1-2,5H,3-4,6H2,(H,13,14). The van der Waals surface area contributed by atoms with E-state index in [9.17, 15) is 4.79 Å². The van der Waals surface area contributed by atoms with Gasteiger partial charge in [0, 0.05) is 15.7 Å². The van der Waals surface area contributed by atoms with Crippen LogP contribution in [0.3, 0.4) is 0 Å². The molecule has 1 N–H and O–H groups in total. The minimum Gasteiger partial charge on any atom is -0.325 e.